The Labute approximate surface area is 163 Å². The number of ketones is 1. The molecule has 0 amide bonds. The van der Waals surface area contributed by atoms with Crippen LogP contribution in [0.25, 0.3) is 0 Å². The summed E-state index contributed by atoms with van der Waals surface area (Å²) in [5, 5.41) is 0. The smallest absolute Gasteiger partial charge is 0.184 e. The minimum absolute atomic E-state index is 0.0772. The summed E-state index contributed by atoms with van der Waals surface area (Å²) >= 11 is 0. The maximum absolute atomic E-state index is 13.5. The average Bonchev–Trinajstić information content (AvgIpc) is 3.52. The van der Waals surface area contributed by atoms with Gasteiger partial charge in [-0.15, -0.1) is 0 Å². The maximum Gasteiger partial charge on any atom is 0.184 e. The van der Waals surface area contributed by atoms with E-state index in [1.54, 1.807) is 0 Å². The Kier molecular flexibility index (Phi) is 5.33. The van der Waals surface area contributed by atoms with Crippen LogP contribution in [0.2, 0.25) is 0 Å². The van der Waals surface area contributed by atoms with Crippen molar-refractivity contribution in [3.05, 3.63) is 64.5 Å². The largest absolute Gasteiger partial charge is 0.295 e. The van der Waals surface area contributed by atoms with Crippen molar-refractivity contribution >= 4 is 12.5 Å². The van der Waals surface area contributed by atoms with Crippen LogP contribution in [0.15, 0.2) is 35.3 Å². The van der Waals surface area contributed by atoms with Gasteiger partial charge in [-0.2, -0.15) is 0 Å². The highest BCUT2D eigenvalue weighted by atomic mass is 19.1. The van der Waals surface area contributed by atoms with Crippen LogP contribution in [-0.4, -0.2) is 17.5 Å². The summed E-state index contributed by atoms with van der Waals surface area (Å²) in [4.78, 5) is 21.7. The summed E-state index contributed by atoms with van der Waals surface area (Å²) in [6.07, 6.45) is 5.17. The number of nitrogens with zero attached hydrogens (tertiary/aromatic N) is 2. The molecule has 1 aromatic heterocycles. The molecule has 2 saturated carbocycles. The van der Waals surface area contributed by atoms with Gasteiger partial charge >= 0.3 is 0 Å². The number of Topliss-reactive ketones (excluding diaryl/α,β-unsaturated/α-hetero) is 1. The lowest BCUT2D eigenvalue weighted by molar-refractivity contribution is 0.0877. The first-order valence-electron chi connectivity index (χ1n) is 9.97. The van der Waals surface area contributed by atoms with Gasteiger partial charge in [-0.05, 0) is 86.4 Å². The Morgan fingerprint density at radius 3 is 2.25 bits per heavy atom. The zero-order valence-corrected chi connectivity index (χ0v) is 15.8. The fraction of sp³-hybridized carbons (Fsp3) is 0.435. The highest BCUT2D eigenvalue weighted by Crippen LogP contribution is 2.43. The van der Waals surface area contributed by atoms with Crippen LogP contribution in [0.4, 0.5) is 8.78 Å². The fourth-order valence-corrected chi connectivity index (χ4v) is 4.33. The van der Waals surface area contributed by atoms with Gasteiger partial charge in [0.15, 0.2) is 5.78 Å². The maximum atomic E-state index is 13.5. The molecule has 4 rings (SSSR count). The Hall–Kier alpha value is -2.43. The quantitative estimate of drug-likeness (QED) is 0.482. The highest BCUT2D eigenvalue weighted by molar-refractivity contribution is 5.97. The average molecular weight is 382 g/mol. The van der Waals surface area contributed by atoms with E-state index < -0.39 is 11.6 Å². The first-order chi connectivity index (χ1) is 13.5. The molecular formula is C23H24F2N2O. The summed E-state index contributed by atoms with van der Waals surface area (Å²) < 4.78 is 27.0. The lowest BCUT2D eigenvalue weighted by Crippen LogP contribution is -2.23. The van der Waals surface area contributed by atoms with Crippen LogP contribution in [0.5, 0.6) is 0 Å². The molecule has 0 bridgehead atoms. The molecule has 2 fully saturated rings. The molecular weight excluding hydrogens is 358 g/mol. The number of carbonyl (C=O) groups is 1. The van der Waals surface area contributed by atoms with E-state index in [-0.39, 0.29) is 17.6 Å². The van der Waals surface area contributed by atoms with E-state index in [9.17, 15) is 13.6 Å². The van der Waals surface area contributed by atoms with Gasteiger partial charge in [0, 0.05) is 12.0 Å². The van der Waals surface area contributed by atoms with Gasteiger partial charge in [0.25, 0.3) is 0 Å². The van der Waals surface area contributed by atoms with Gasteiger partial charge in [0.2, 0.25) is 0 Å². The third-order valence-corrected chi connectivity index (χ3v) is 5.96. The standard InChI is InChI=1S/C23H24F2N2O/c1-26-13-20-8-9-21(15-4-5-15)22(27-20)23(28)16-6-2-14(3-7-16)17-10-18(24)12-19(25)11-17/h8-12,14-16H,1-7,13H2. The summed E-state index contributed by atoms with van der Waals surface area (Å²) in [5.74, 6) is -0.508. The summed E-state index contributed by atoms with van der Waals surface area (Å²) in [6.45, 7) is 3.92. The molecule has 0 spiro atoms. The number of benzene rings is 1. The fourth-order valence-electron chi connectivity index (χ4n) is 4.33. The van der Waals surface area contributed by atoms with Crippen molar-refractivity contribution in [2.45, 2.75) is 56.9 Å². The van der Waals surface area contributed by atoms with Crippen molar-refractivity contribution in [3.8, 4) is 0 Å². The van der Waals surface area contributed by atoms with Crippen molar-refractivity contribution in [3.63, 3.8) is 0 Å². The first-order valence-corrected chi connectivity index (χ1v) is 9.97. The molecule has 0 N–H and O–H groups in total. The highest BCUT2D eigenvalue weighted by Gasteiger charge is 2.34. The number of pyridine rings is 1. The SMILES string of the molecule is C=NCc1ccc(C2CC2)c(C(=O)C2CCC(c3cc(F)cc(F)c3)CC2)n1. The van der Waals surface area contributed by atoms with Crippen LogP contribution in [0, 0.1) is 17.6 Å². The lowest BCUT2D eigenvalue weighted by atomic mass is 9.76. The van der Waals surface area contributed by atoms with Crippen LogP contribution in [-0.2, 0) is 6.54 Å². The van der Waals surface area contributed by atoms with Gasteiger partial charge in [-0.3, -0.25) is 9.79 Å². The van der Waals surface area contributed by atoms with E-state index in [0.29, 0.717) is 23.7 Å². The van der Waals surface area contributed by atoms with E-state index in [1.165, 1.54) is 12.1 Å². The molecule has 2 aromatic rings. The molecule has 1 aromatic carbocycles. The molecule has 1 heterocycles. The normalized spacial score (nSPS) is 22.1. The predicted molar refractivity (Wildman–Crippen MR) is 105 cm³/mol. The number of halogens is 2. The predicted octanol–water partition coefficient (Wildman–Crippen LogP) is 5.59. The van der Waals surface area contributed by atoms with E-state index in [4.69, 9.17) is 0 Å². The number of hydrogen-bond donors (Lipinski definition) is 0. The van der Waals surface area contributed by atoms with Crippen molar-refractivity contribution in [1.29, 1.82) is 0 Å². The molecule has 28 heavy (non-hydrogen) atoms. The minimum Gasteiger partial charge on any atom is -0.295 e. The van der Waals surface area contributed by atoms with E-state index in [1.807, 2.05) is 12.1 Å². The van der Waals surface area contributed by atoms with Crippen molar-refractivity contribution < 1.29 is 13.6 Å². The van der Waals surface area contributed by atoms with Crippen molar-refractivity contribution in [2.24, 2.45) is 10.9 Å². The third-order valence-electron chi connectivity index (χ3n) is 5.96. The Balaban J connectivity index is 1.49. The van der Waals surface area contributed by atoms with Crippen molar-refractivity contribution in [1.82, 2.24) is 4.98 Å². The lowest BCUT2D eigenvalue weighted by Gasteiger charge is -2.28. The molecule has 5 heteroatoms. The van der Waals surface area contributed by atoms with Crippen LogP contribution < -0.4 is 0 Å². The minimum atomic E-state index is -0.542. The number of aliphatic imine (C=N–C) groups is 1. The Morgan fingerprint density at radius 2 is 1.64 bits per heavy atom. The molecule has 0 aliphatic heterocycles. The van der Waals surface area contributed by atoms with Gasteiger partial charge in [0.05, 0.1) is 12.2 Å². The summed E-state index contributed by atoms with van der Waals surface area (Å²) in [7, 11) is 0. The van der Waals surface area contributed by atoms with Gasteiger partial charge in [-0.1, -0.05) is 6.07 Å². The second kappa shape index (κ2) is 7.90. The molecule has 2 aliphatic carbocycles. The zero-order chi connectivity index (χ0) is 19.7. The molecule has 146 valence electrons. The monoisotopic (exact) mass is 382 g/mol. The van der Waals surface area contributed by atoms with Crippen molar-refractivity contribution in [2.75, 3.05) is 0 Å². The molecule has 0 radical (unpaired) electrons. The van der Waals surface area contributed by atoms with Crippen LogP contribution in [0.1, 0.15) is 77.7 Å². The number of aromatic nitrogens is 1. The Bertz CT molecular complexity index is 879. The van der Waals surface area contributed by atoms with Crippen LogP contribution >= 0.6 is 0 Å². The number of hydrogen-bond acceptors (Lipinski definition) is 3. The third kappa shape index (κ3) is 4.03. The number of carbonyl (C=O) groups excluding carboxylic acids is 1. The second-order valence-corrected chi connectivity index (χ2v) is 8.01. The first kappa shape index (κ1) is 18.9. The van der Waals surface area contributed by atoms with E-state index in [0.717, 1.165) is 55.8 Å². The molecule has 0 atom stereocenters. The second-order valence-electron chi connectivity index (χ2n) is 8.01. The van der Waals surface area contributed by atoms with Crippen LogP contribution in [0.3, 0.4) is 0 Å². The van der Waals surface area contributed by atoms with Gasteiger partial charge < -0.3 is 0 Å². The topological polar surface area (TPSA) is 42.3 Å². The van der Waals surface area contributed by atoms with E-state index in [2.05, 4.69) is 16.7 Å². The summed E-state index contributed by atoms with van der Waals surface area (Å²) in [5.41, 5.74) is 3.13. The van der Waals surface area contributed by atoms with E-state index >= 15 is 0 Å². The zero-order valence-electron chi connectivity index (χ0n) is 15.8. The van der Waals surface area contributed by atoms with Gasteiger partial charge in [0.1, 0.15) is 17.3 Å². The molecule has 3 nitrogen and oxygen atoms in total. The summed E-state index contributed by atoms with van der Waals surface area (Å²) in [6, 6.07) is 7.69. The number of rotatable bonds is 6. The Morgan fingerprint density at radius 1 is 1.00 bits per heavy atom. The molecule has 2 aliphatic rings. The van der Waals surface area contributed by atoms with Gasteiger partial charge in [-0.25, -0.2) is 13.8 Å². The molecule has 0 unspecified atom stereocenters. The molecule has 0 saturated heterocycles.